The lowest BCUT2D eigenvalue weighted by molar-refractivity contribution is 0.332. The second kappa shape index (κ2) is 16.8. The third-order valence-electron chi connectivity index (χ3n) is 20.6. The number of thiophene rings is 1. The van der Waals surface area contributed by atoms with Crippen LogP contribution >= 0.6 is 11.3 Å². The minimum absolute atomic E-state index is 0.00601. The standard InChI is InChI=1S/C74H74BN3OS/c1-69(2)32-33-70(3,4)52-38-47(30-31-51(52)69)77-60-39-48(76(45-22-15-13-16-23-45)46-24-17-14-18-25-46)40-61-66(60)75(68-67(77)50-41-53-56(44-64(50)80-68)74(11,12)37-34-71(53,5)6)57-42-54-55(73(9,10)36-35-72(54,7)8)43-59(57)78(61)58-27-21-29-63-65(58)49-26-19-20-28-62(49)79-63/h13-31,38-44H,32-37H2,1-12H3. The minimum Gasteiger partial charge on any atom is -0.456 e. The zero-order chi connectivity index (χ0) is 55.2. The van der Waals surface area contributed by atoms with Gasteiger partial charge in [0.15, 0.2) is 0 Å². The highest BCUT2D eigenvalue weighted by Crippen LogP contribution is 2.57. The summed E-state index contributed by atoms with van der Waals surface area (Å²) in [6.07, 6.45) is 6.93. The highest BCUT2D eigenvalue weighted by molar-refractivity contribution is 7.33. The average molecular weight is 1060 g/mol. The summed E-state index contributed by atoms with van der Waals surface area (Å²) < 4.78 is 9.64. The maximum absolute atomic E-state index is 6.83. The first-order valence-corrected chi connectivity index (χ1v) is 30.5. The molecule has 0 fully saturated rings. The predicted octanol–water partition coefficient (Wildman–Crippen LogP) is 19.4. The van der Waals surface area contributed by atoms with E-state index in [9.17, 15) is 0 Å². The summed E-state index contributed by atoms with van der Waals surface area (Å²) in [5, 5.41) is 3.63. The topological polar surface area (TPSA) is 22.9 Å². The van der Waals surface area contributed by atoms with E-state index < -0.39 is 0 Å². The van der Waals surface area contributed by atoms with Crippen LogP contribution in [0.4, 0.5) is 51.2 Å². The van der Waals surface area contributed by atoms with E-state index in [1.54, 1.807) is 0 Å². The summed E-state index contributed by atoms with van der Waals surface area (Å²) >= 11 is 2.06. The van der Waals surface area contributed by atoms with Crippen molar-refractivity contribution < 1.29 is 4.42 Å². The molecule has 2 aromatic heterocycles. The molecular weight excluding hydrogens is 990 g/mol. The molecule has 10 aromatic rings. The van der Waals surface area contributed by atoms with Gasteiger partial charge in [0, 0.05) is 54.4 Å². The summed E-state index contributed by atoms with van der Waals surface area (Å²) in [4.78, 5) is 7.93. The van der Waals surface area contributed by atoms with E-state index in [2.05, 4.69) is 267 Å². The average Bonchev–Trinajstić information content (AvgIpc) is 3.82. The maximum atomic E-state index is 6.83. The van der Waals surface area contributed by atoms with Crippen LogP contribution in [0.5, 0.6) is 0 Å². The molecule has 4 heterocycles. The van der Waals surface area contributed by atoms with Crippen LogP contribution in [0.2, 0.25) is 0 Å². The fourth-order valence-corrected chi connectivity index (χ4v) is 16.8. The van der Waals surface area contributed by atoms with Crippen LogP contribution in [0.25, 0.3) is 32.0 Å². The lowest BCUT2D eigenvalue weighted by atomic mass is 9.35. The Kier molecular flexibility index (Phi) is 10.5. The monoisotopic (exact) mass is 1060 g/mol. The summed E-state index contributed by atoms with van der Waals surface area (Å²) in [6.45, 7) is 29.8. The van der Waals surface area contributed by atoms with E-state index in [1.807, 2.05) is 0 Å². The van der Waals surface area contributed by atoms with E-state index in [0.717, 1.165) is 70.4 Å². The van der Waals surface area contributed by atoms with Crippen molar-refractivity contribution in [2.24, 2.45) is 0 Å². The largest absolute Gasteiger partial charge is 0.456 e. The highest BCUT2D eigenvalue weighted by Gasteiger charge is 2.50. The Morgan fingerprint density at radius 3 is 1.55 bits per heavy atom. The molecule has 0 unspecified atom stereocenters. The van der Waals surface area contributed by atoms with Crippen LogP contribution in [-0.4, -0.2) is 6.71 Å². The fourth-order valence-electron chi connectivity index (χ4n) is 15.5. The quantitative estimate of drug-likeness (QED) is 0.160. The van der Waals surface area contributed by atoms with Crippen LogP contribution in [0.1, 0.15) is 155 Å². The molecule has 15 rings (SSSR count). The van der Waals surface area contributed by atoms with Crippen LogP contribution in [0.3, 0.4) is 0 Å². The first-order chi connectivity index (χ1) is 38.1. The molecule has 5 aliphatic rings. The maximum Gasteiger partial charge on any atom is 0.264 e. The zero-order valence-electron chi connectivity index (χ0n) is 49.0. The number of rotatable bonds is 5. The lowest BCUT2D eigenvalue weighted by Gasteiger charge is -2.47. The molecule has 0 spiro atoms. The van der Waals surface area contributed by atoms with Crippen molar-refractivity contribution >= 4 is 117 Å². The van der Waals surface area contributed by atoms with Gasteiger partial charge in [-0.05, 0) is 200 Å². The molecule has 0 N–H and O–H groups in total. The van der Waals surface area contributed by atoms with Crippen molar-refractivity contribution in [3.8, 4) is 0 Å². The molecule has 80 heavy (non-hydrogen) atoms. The van der Waals surface area contributed by atoms with Gasteiger partial charge in [-0.2, -0.15) is 0 Å². The molecule has 6 heteroatoms. The number of benzene rings is 8. The number of fused-ring (bicyclic) bond motifs is 12. The Bertz CT molecular complexity index is 4190. The molecule has 0 amide bonds. The van der Waals surface area contributed by atoms with Crippen molar-refractivity contribution in [3.05, 3.63) is 191 Å². The molecule has 0 saturated carbocycles. The van der Waals surface area contributed by atoms with E-state index in [-0.39, 0.29) is 39.2 Å². The summed E-state index contributed by atoms with van der Waals surface area (Å²) in [5.74, 6) is 0. The zero-order valence-corrected chi connectivity index (χ0v) is 49.8. The van der Waals surface area contributed by atoms with E-state index in [1.165, 1.54) is 100 Å². The first kappa shape index (κ1) is 50.0. The second-order valence-electron chi connectivity index (χ2n) is 28.5. The van der Waals surface area contributed by atoms with Crippen molar-refractivity contribution in [2.75, 3.05) is 14.7 Å². The van der Waals surface area contributed by atoms with Crippen molar-refractivity contribution in [1.29, 1.82) is 0 Å². The Hall–Kier alpha value is -7.02. The third-order valence-corrected chi connectivity index (χ3v) is 21.8. The summed E-state index contributed by atoms with van der Waals surface area (Å²) in [7, 11) is 0. The number of furan rings is 1. The molecular formula is C74H74BN3OS. The van der Waals surface area contributed by atoms with Gasteiger partial charge in [0.2, 0.25) is 0 Å². The summed E-state index contributed by atoms with van der Waals surface area (Å²) in [6, 6.07) is 60.9. The number of anilines is 9. The second-order valence-corrected chi connectivity index (χ2v) is 29.5. The molecule has 0 radical (unpaired) electrons. The molecule has 4 nitrogen and oxygen atoms in total. The lowest BCUT2D eigenvalue weighted by Crippen LogP contribution is -2.61. The highest BCUT2D eigenvalue weighted by atomic mass is 32.1. The van der Waals surface area contributed by atoms with E-state index in [0.29, 0.717) is 0 Å². The molecule has 0 bridgehead atoms. The van der Waals surface area contributed by atoms with E-state index >= 15 is 0 Å². The predicted molar refractivity (Wildman–Crippen MR) is 344 cm³/mol. The Balaban J connectivity index is 1.14. The SMILES string of the molecule is CC1(C)CCC(C)(C)c2cc(N3c4cc(N(c5ccccc5)c5ccccc5)cc5c4B(c4cc6c(cc4N5c4cccc5oc7ccccc7c45)C(C)(C)CCC6(C)C)c4sc5cc6c(cc5c43)C(C)(C)CCC6(C)C)ccc21. The smallest absolute Gasteiger partial charge is 0.264 e. The van der Waals surface area contributed by atoms with Gasteiger partial charge >= 0.3 is 0 Å². The van der Waals surface area contributed by atoms with Crippen molar-refractivity contribution in [2.45, 2.75) is 154 Å². The van der Waals surface area contributed by atoms with Gasteiger partial charge in [-0.15, -0.1) is 11.3 Å². The Morgan fingerprint density at radius 2 is 0.925 bits per heavy atom. The molecule has 8 aromatic carbocycles. The number of hydrogen-bond acceptors (Lipinski definition) is 5. The van der Waals surface area contributed by atoms with Gasteiger partial charge in [-0.1, -0.05) is 156 Å². The van der Waals surface area contributed by atoms with Crippen molar-refractivity contribution in [3.63, 3.8) is 0 Å². The van der Waals surface area contributed by atoms with Crippen LogP contribution in [0, 0.1) is 0 Å². The summed E-state index contributed by atoms with van der Waals surface area (Å²) in [5.41, 5.74) is 24.3. The number of para-hydroxylation sites is 3. The minimum atomic E-state index is -0.0525. The molecule has 2 aliphatic heterocycles. The van der Waals surface area contributed by atoms with Gasteiger partial charge < -0.3 is 19.1 Å². The van der Waals surface area contributed by atoms with Crippen LogP contribution in [0.15, 0.2) is 162 Å². The van der Waals surface area contributed by atoms with Crippen LogP contribution in [-0.2, 0) is 32.5 Å². The number of nitrogens with zero attached hydrogens (tertiary/aromatic N) is 3. The van der Waals surface area contributed by atoms with Gasteiger partial charge in [0.25, 0.3) is 6.71 Å². The van der Waals surface area contributed by atoms with E-state index in [4.69, 9.17) is 4.42 Å². The number of hydrogen-bond donors (Lipinski definition) is 0. The third kappa shape index (κ3) is 7.18. The molecule has 3 aliphatic carbocycles. The normalized spacial score (nSPS) is 19.2. The van der Waals surface area contributed by atoms with Gasteiger partial charge in [-0.3, -0.25) is 0 Å². The van der Waals surface area contributed by atoms with Gasteiger partial charge in [0.05, 0.1) is 22.4 Å². The van der Waals surface area contributed by atoms with Gasteiger partial charge in [0.1, 0.15) is 11.2 Å². The molecule has 0 atom stereocenters. The van der Waals surface area contributed by atoms with Gasteiger partial charge in [-0.25, -0.2) is 0 Å². The molecule has 0 saturated heterocycles. The Morgan fingerprint density at radius 1 is 0.412 bits per heavy atom. The molecule has 400 valence electrons. The fraction of sp³-hybridized carbons (Fsp3) is 0.324. The van der Waals surface area contributed by atoms with Crippen LogP contribution < -0.4 is 30.4 Å². The van der Waals surface area contributed by atoms with Crippen molar-refractivity contribution in [1.82, 2.24) is 0 Å². The first-order valence-electron chi connectivity index (χ1n) is 29.7. The Labute approximate surface area is 478 Å².